The zero-order chi connectivity index (χ0) is 13.1. The first-order chi connectivity index (χ1) is 8.56. The van der Waals surface area contributed by atoms with Gasteiger partial charge in [-0.2, -0.15) is 0 Å². The van der Waals surface area contributed by atoms with Crippen molar-refractivity contribution < 1.29 is 14.3 Å². The molecular formula is C13H12ClNO3. The van der Waals surface area contributed by atoms with Gasteiger partial charge in [0.15, 0.2) is 11.6 Å². The highest BCUT2D eigenvalue weighted by atomic mass is 35.5. The number of aryl methyl sites for hydroxylation is 3. The number of aromatic nitrogens is 1. The summed E-state index contributed by atoms with van der Waals surface area (Å²) in [6.45, 7) is 1.60. The minimum atomic E-state index is -1.06. The van der Waals surface area contributed by atoms with Gasteiger partial charge in [-0.1, -0.05) is 23.7 Å². The van der Waals surface area contributed by atoms with Crippen molar-refractivity contribution in [2.24, 2.45) is 0 Å². The predicted molar refractivity (Wildman–Crippen MR) is 67.1 cm³/mol. The molecule has 0 saturated carbocycles. The van der Waals surface area contributed by atoms with Crippen LogP contribution in [0.1, 0.15) is 27.7 Å². The molecule has 94 valence electrons. The van der Waals surface area contributed by atoms with Crippen LogP contribution >= 0.6 is 11.6 Å². The van der Waals surface area contributed by atoms with E-state index >= 15 is 0 Å². The van der Waals surface area contributed by atoms with Crippen LogP contribution in [-0.2, 0) is 12.8 Å². The van der Waals surface area contributed by atoms with Crippen LogP contribution in [0.4, 0.5) is 0 Å². The monoisotopic (exact) mass is 265 g/mol. The van der Waals surface area contributed by atoms with E-state index in [9.17, 15) is 4.79 Å². The highest BCUT2D eigenvalue weighted by Crippen LogP contribution is 2.15. The van der Waals surface area contributed by atoms with Gasteiger partial charge in [-0.3, -0.25) is 0 Å². The molecule has 5 heteroatoms. The summed E-state index contributed by atoms with van der Waals surface area (Å²) < 4.78 is 5.30. The van der Waals surface area contributed by atoms with E-state index in [4.69, 9.17) is 21.1 Å². The summed E-state index contributed by atoms with van der Waals surface area (Å²) in [6.07, 6.45) is 1.26. The maximum atomic E-state index is 10.8. The molecule has 0 aliphatic heterocycles. The Labute approximate surface area is 109 Å². The smallest absolute Gasteiger partial charge is 0.358 e. The number of hydrogen-bond donors (Lipinski definition) is 1. The molecule has 1 aromatic carbocycles. The van der Waals surface area contributed by atoms with E-state index in [0.717, 1.165) is 5.56 Å². The Morgan fingerprint density at radius 2 is 2.22 bits per heavy atom. The first-order valence-electron chi connectivity index (χ1n) is 5.50. The van der Waals surface area contributed by atoms with Crippen LogP contribution in [0.25, 0.3) is 0 Å². The molecule has 4 nitrogen and oxygen atoms in total. The standard InChI is InChI=1S/C13H12ClNO3/c1-8-12(13(16)17)15-11(18-8)6-5-9-3-2-4-10(14)7-9/h2-4,7H,5-6H2,1H3,(H,16,17). The minimum absolute atomic E-state index is 0.0175. The Morgan fingerprint density at radius 3 is 2.83 bits per heavy atom. The molecule has 0 bridgehead atoms. The molecular weight excluding hydrogens is 254 g/mol. The van der Waals surface area contributed by atoms with Crippen molar-refractivity contribution >= 4 is 17.6 Å². The lowest BCUT2D eigenvalue weighted by Gasteiger charge is -1.99. The predicted octanol–water partition coefficient (Wildman–Crippen LogP) is 3.12. The summed E-state index contributed by atoms with van der Waals surface area (Å²) >= 11 is 5.88. The fourth-order valence-corrected chi connectivity index (χ4v) is 1.91. The van der Waals surface area contributed by atoms with Crippen molar-refractivity contribution in [2.75, 3.05) is 0 Å². The molecule has 2 aromatic rings. The number of rotatable bonds is 4. The number of halogens is 1. The second kappa shape index (κ2) is 5.23. The van der Waals surface area contributed by atoms with Crippen LogP contribution in [0.2, 0.25) is 5.02 Å². The Bertz CT molecular complexity index is 577. The van der Waals surface area contributed by atoms with E-state index in [1.807, 2.05) is 24.3 Å². The summed E-state index contributed by atoms with van der Waals surface area (Å²) in [5, 5.41) is 9.54. The van der Waals surface area contributed by atoms with Crippen molar-refractivity contribution in [3.05, 3.63) is 52.2 Å². The number of aromatic carboxylic acids is 1. The van der Waals surface area contributed by atoms with Gasteiger partial charge in [0.1, 0.15) is 5.76 Å². The summed E-state index contributed by atoms with van der Waals surface area (Å²) in [7, 11) is 0. The number of nitrogens with zero attached hydrogens (tertiary/aromatic N) is 1. The van der Waals surface area contributed by atoms with Crippen LogP contribution in [0.5, 0.6) is 0 Å². The molecule has 0 aliphatic rings. The molecule has 1 aromatic heterocycles. The van der Waals surface area contributed by atoms with Gasteiger partial charge in [0.2, 0.25) is 0 Å². The second-order valence-electron chi connectivity index (χ2n) is 3.95. The number of carbonyl (C=O) groups is 1. The Hall–Kier alpha value is -1.81. The molecule has 0 unspecified atom stereocenters. The number of benzene rings is 1. The molecule has 0 atom stereocenters. The fourth-order valence-electron chi connectivity index (χ4n) is 1.70. The number of hydrogen-bond acceptors (Lipinski definition) is 3. The van der Waals surface area contributed by atoms with Crippen molar-refractivity contribution in [1.29, 1.82) is 0 Å². The average molecular weight is 266 g/mol. The normalized spacial score (nSPS) is 10.6. The molecule has 1 heterocycles. The molecule has 0 saturated heterocycles. The van der Waals surface area contributed by atoms with E-state index in [0.29, 0.717) is 29.5 Å². The summed E-state index contributed by atoms with van der Waals surface area (Å²) in [5.74, 6) is -0.293. The highest BCUT2D eigenvalue weighted by molar-refractivity contribution is 6.30. The van der Waals surface area contributed by atoms with E-state index in [1.54, 1.807) is 6.92 Å². The van der Waals surface area contributed by atoms with E-state index in [2.05, 4.69) is 4.98 Å². The fraction of sp³-hybridized carbons (Fsp3) is 0.231. The highest BCUT2D eigenvalue weighted by Gasteiger charge is 2.15. The number of carboxylic acid groups (broad SMARTS) is 1. The lowest BCUT2D eigenvalue weighted by Crippen LogP contribution is -1.99. The zero-order valence-electron chi connectivity index (χ0n) is 9.81. The van der Waals surface area contributed by atoms with Crippen molar-refractivity contribution in [1.82, 2.24) is 4.98 Å². The van der Waals surface area contributed by atoms with Gasteiger partial charge in [-0.15, -0.1) is 0 Å². The first-order valence-corrected chi connectivity index (χ1v) is 5.88. The van der Waals surface area contributed by atoms with Crippen LogP contribution < -0.4 is 0 Å². The van der Waals surface area contributed by atoms with Gasteiger partial charge in [0, 0.05) is 11.4 Å². The molecule has 0 amide bonds. The van der Waals surface area contributed by atoms with Crippen molar-refractivity contribution in [3.8, 4) is 0 Å². The number of oxazole rings is 1. The summed E-state index contributed by atoms with van der Waals surface area (Å²) in [6, 6.07) is 7.51. The number of carboxylic acids is 1. The maximum absolute atomic E-state index is 10.8. The molecule has 0 aliphatic carbocycles. The van der Waals surface area contributed by atoms with Gasteiger partial charge in [-0.05, 0) is 31.0 Å². The van der Waals surface area contributed by atoms with Crippen LogP contribution in [0.15, 0.2) is 28.7 Å². The third-order valence-corrected chi connectivity index (χ3v) is 2.80. The minimum Gasteiger partial charge on any atom is -0.476 e. The summed E-state index contributed by atoms with van der Waals surface area (Å²) in [4.78, 5) is 14.8. The van der Waals surface area contributed by atoms with E-state index < -0.39 is 5.97 Å². The lowest BCUT2D eigenvalue weighted by atomic mass is 10.1. The van der Waals surface area contributed by atoms with E-state index in [1.165, 1.54) is 0 Å². The molecule has 1 N–H and O–H groups in total. The van der Waals surface area contributed by atoms with Gasteiger partial charge >= 0.3 is 5.97 Å². The first kappa shape index (κ1) is 12.6. The third-order valence-electron chi connectivity index (χ3n) is 2.56. The quantitative estimate of drug-likeness (QED) is 0.922. The third kappa shape index (κ3) is 2.90. The largest absolute Gasteiger partial charge is 0.476 e. The van der Waals surface area contributed by atoms with Crippen molar-refractivity contribution in [2.45, 2.75) is 19.8 Å². The van der Waals surface area contributed by atoms with Gasteiger partial charge in [0.25, 0.3) is 0 Å². The Balaban J connectivity index is 2.06. The molecule has 0 spiro atoms. The topological polar surface area (TPSA) is 63.3 Å². The SMILES string of the molecule is Cc1oc(CCc2cccc(Cl)c2)nc1C(=O)O. The molecule has 0 radical (unpaired) electrons. The maximum Gasteiger partial charge on any atom is 0.358 e. The Kier molecular flexibility index (Phi) is 3.67. The van der Waals surface area contributed by atoms with Crippen LogP contribution in [-0.4, -0.2) is 16.1 Å². The van der Waals surface area contributed by atoms with Crippen LogP contribution in [0, 0.1) is 6.92 Å². The average Bonchev–Trinajstić information content (AvgIpc) is 2.68. The van der Waals surface area contributed by atoms with E-state index in [-0.39, 0.29) is 5.69 Å². The van der Waals surface area contributed by atoms with Crippen molar-refractivity contribution in [3.63, 3.8) is 0 Å². The Morgan fingerprint density at radius 1 is 1.44 bits per heavy atom. The van der Waals surface area contributed by atoms with Gasteiger partial charge in [-0.25, -0.2) is 9.78 Å². The zero-order valence-corrected chi connectivity index (χ0v) is 10.6. The summed E-state index contributed by atoms with van der Waals surface area (Å²) in [5.41, 5.74) is 1.05. The van der Waals surface area contributed by atoms with Crippen LogP contribution in [0.3, 0.4) is 0 Å². The van der Waals surface area contributed by atoms with Gasteiger partial charge in [0.05, 0.1) is 0 Å². The lowest BCUT2D eigenvalue weighted by molar-refractivity contribution is 0.0689. The molecule has 0 fully saturated rings. The molecule has 18 heavy (non-hydrogen) atoms. The van der Waals surface area contributed by atoms with Gasteiger partial charge < -0.3 is 9.52 Å². The molecule has 2 rings (SSSR count). The second-order valence-corrected chi connectivity index (χ2v) is 4.38.